The number of nitro benzene ring substituents is 1. The van der Waals surface area contributed by atoms with Crippen LogP contribution in [-0.2, 0) is 0 Å². The predicted molar refractivity (Wildman–Crippen MR) is 79.6 cm³/mol. The predicted octanol–water partition coefficient (Wildman–Crippen LogP) is 3.53. The molecule has 1 aliphatic rings. The van der Waals surface area contributed by atoms with Gasteiger partial charge in [-0.15, -0.1) is 0 Å². The summed E-state index contributed by atoms with van der Waals surface area (Å²) in [7, 11) is 0. The summed E-state index contributed by atoms with van der Waals surface area (Å²) in [5.41, 5.74) is 1.15. The van der Waals surface area contributed by atoms with Crippen LogP contribution in [0, 0.1) is 10.1 Å². The molecule has 0 bridgehead atoms. The van der Waals surface area contributed by atoms with E-state index in [-0.39, 0.29) is 16.7 Å². The van der Waals surface area contributed by atoms with E-state index >= 15 is 0 Å². The van der Waals surface area contributed by atoms with Crippen LogP contribution in [0.2, 0.25) is 0 Å². The van der Waals surface area contributed by atoms with Gasteiger partial charge in [-0.25, -0.2) is 0 Å². The third kappa shape index (κ3) is 3.48. The lowest BCUT2D eigenvalue weighted by molar-refractivity contribution is -0.384. The lowest BCUT2D eigenvalue weighted by atomic mass is 10.1. The van der Waals surface area contributed by atoms with Gasteiger partial charge < -0.3 is 5.32 Å². The molecule has 1 N–H and O–H groups in total. The van der Waals surface area contributed by atoms with Gasteiger partial charge >= 0.3 is 0 Å². The number of nitrogens with one attached hydrogen (secondary N) is 1. The Bertz CT molecular complexity index is 453. The third-order valence-electron chi connectivity index (χ3n) is 3.80. The van der Waals surface area contributed by atoms with Gasteiger partial charge in [0.1, 0.15) is 0 Å². The summed E-state index contributed by atoms with van der Waals surface area (Å²) in [6.45, 7) is 2.08. The first-order valence-electron chi connectivity index (χ1n) is 6.65. The lowest BCUT2D eigenvalue weighted by Crippen LogP contribution is -2.35. The zero-order valence-corrected chi connectivity index (χ0v) is 12.2. The van der Waals surface area contributed by atoms with Crippen LogP contribution in [0.1, 0.15) is 37.8 Å². The van der Waals surface area contributed by atoms with Crippen molar-refractivity contribution in [3.05, 3.63) is 39.9 Å². The zero-order chi connectivity index (χ0) is 13.8. The van der Waals surface area contributed by atoms with E-state index in [0.717, 1.165) is 5.56 Å². The second kappa shape index (κ2) is 6.39. The van der Waals surface area contributed by atoms with E-state index in [4.69, 9.17) is 0 Å². The molecule has 104 valence electrons. The second-order valence-electron chi connectivity index (χ2n) is 5.05. The highest BCUT2D eigenvalue weighted by atomic mass is 32.2. The SMILES string of the molecule is CSC1CCCC1NC(C)c1cccc([N+](=O)[O-])c1. The number of nitrogens with zero attached hydrogens (tertiary/aromatic N) is 1. The first kappa shape index (κ1) is 14.3. The minimum absolute atomic E-state index is 0.151. The van der Waals surface area contributed by atoms with Gasteiger partial charge in [-0.3, -0.25) is 10.1 Å². The third-order valence-corrected chi connectivity index (χ3v) is 4.97. The van der Waals surface area contributed by atoms with Gasteiger partial charge in [-0.05, 0) is 31.6 Å². The minimum Gasteiger partial charge on any atom is -0.306 e. The van der Waals surface area contributed by atoms with Crippen LogP contribution in [0.3, 0.4) is 0 Å². The number of non-ortho nitro benzene ring substituents is 1. The van der Waals surface area contributed by atoms with E-state index < -0.39 is 0 Å². The molecule has 4 nitrogen and oxygen atoms in total. The molecular weight excluding hydrogens is 260 g/mol. The number of hydrogen-bond donors (Lipinski definition) is 1. The Morgan fingerprint density at radius 3 is 2.95 bits per heavy atom. The van der Waals surface area contributed by atoms with E-state index in [9.17, 15) is 10.1 Å². The standard InChI is InChI=1S/C14H20N2O2S/c1-10(15-13-7-4-8-14(13)19-2)11-5-3-6-12(9-11)16(17)18/h3,5-6,9-10,13-15H,4,7-8H2,1-2H3. The summed E-state index contributed by atoms with van der Waals surface area (Å²) in [6.07, 6.45) is 5.89. The number of rotatable bonds is 5. The van der Waals surface area contributed by atoms with E-state index in [2.05, 4.69) is 18.5 Å². The van der Waals surface area contributed by atoms with Crippen molar-refractivity contribution in [1.82, 2.24) is 5.32 Å². The van der Waals surface area contributed by atoms with Crippen molar-refractivity contribution in [3.8, 4) is 0 Å². The molecule has 1 fully saturated rings. The Morgan fingerprint density at radius 1 is 1.47 bits per heavy atom. The maximum absolute atomic E-state index is 10.8. The Balaban J connectivity index is 2.05. The quantitative estimate of drug-likeness (QED) is 0.662. The maximum Gasteiger partial charge on any atom is 0.269 e. The topological polar surface area (TPSA) is 55.2 Å². The Hall–Kier alpha value is -1.07. The van der Waals surface area contributed by atoms with Gasteiger partial charge in [0.2, 0.25) is 0 Å². The van der Waals surface area contributed by atoms with E-state index in [1.54, 1.807) is 12.1 Å². The largest absolute Gasteiger partial charge is 0.306 e. The smallest absolute Gasteiger partial charge is 0.269 e. The molecule has 0 heterocycles. The monoisotopic (exact) mass is 280 g/mol. The fraction of sp³-hybridized carbons (Fsp3) is 0.571. The summed E-state index contributed by atoms with van der Waals surface area (Å²) in [6, 6.07) is 7.58. The van der Waals surface area contributed by atoms with Gasteiger partial charge in [0.05, 0.1) is 4.92 Å². The molecule has 19 heavy (non-hydrogen) atoms. The molecule has 0 aromatic heterocycles. The van der Waals surface area contributed by atoms with Crippen molar-refractivity contribution in [1.29, 1.82) is 0 Å². The molecule has 1 aromatic carbocycles. The van der Waals surface area contributed by atoms with Crippen LogP contribution in [0.4, 0.5) is 5.69 Å². The van der Waals surface area contributed by atoms with Gasteiger partial charge in [0.25, 0.3) is 5.69 Å². The Morgan fingerprint density at radius 2 is 2.26 bits per heavy atom. The van der Waals surface area contributed by atoms with Crippen LogP contribution >= 0.6 is 11.8 Å². The van der Waals surface area contributed by atoms with Crippen molar-refractivity contribution in [2.24, 2.45) is 0 Å². The summed E-state index contributed by atoms with van der Waals surface area (Å²) in [4.78, 5) is 10.5. The first-order valence-corrected chi connectivity index (χ1v) is 7.94. The van der Waals surface area contributed by atoms with Crippen molar-refractivity contribution >= 4 is 17.4 Å². The van der Waals surface area contributed by atoms with Gasteiger partial charge in [0.15, 0.2) is 0 Å². The molecular formula is C14H20N2O2S. The molecule has 1 aromatic rings. The molecule has 0 amide bonds. The molecule has 0 aliphatic heterocycles. The van der Waals surface area contributed by atoms with Crippen LogP contribution in [0.5, 0.6) is 0 Å². The highest BCUT2D eigenvalue weighted by Crippen LogP contribution is 2.30. The van der Waals surface area contributed by atoms with E-state index in [1.165, 1.54) is 25.3 Å². The van der Waals surface area contributed by atoms with Crippen molar-refractivity contribution < 1.29 is 4.92 Å². The fourth-order valence-electron chi connectivity index (χ4n) is 2.72. The summed E-state index contributed by atoms with van der Waals surface area (Å²) in [5.74, 6) is 0. The molecule has 3 unspecified atom stereocenters. The Labute approximate surface area is 118 Å². The minimum atomic E-state index is -0.337. The average Bonchev–Trinajstić information content (AvgIpc) is 2.86. The van der Waals surface area contributed by atoms with Crippen molar-refractivity contribution in [2.75, 3.05) is 6.26 Å². The highest BCUT2D eigenvalue weighted by molar-refractivity contribution is 7.99. The van der Waals surface area contributed by atoms with Crippen LogP contribution in [0.15, 0.2) is 24.3 Å². The highest BCUT2D eigenvalue weighted by Gasteiger charge is 2.27. The molecule has 3 atom stereocenters. The van der Waals surface area contributed by atoms with Crippen molar-refractivity contribution in [3.63, 3.8) is 0 Å². The summed E-state index contributed by atoms with van der Waals surface area (Å²) >= 11 is 1.92. The van der Waals surface area contributed by atoms with Crippen LogP contribution < -0.4 is 5.32 Å². The van der Waals surface area contributed by atoms with E-state index in [0.29, 0.717) is 11.3 Å². The number of benzene rings is 1. The first-order chi connectivity index (χ1) is 9.11. The number of nitro groups is 1. The lowest BCUT2D eigenvalue weighted by Gasteiger charge is -2.24. The molecule has 0 saturated heterocycles. The second-order valence-corrected chi connectivity index (χ2v) is 6.13. The normalized spacial score (nSPS) is 24.3. The van der Waals surface area contributed by atoms with Gasteiger partial charge in [-0.2, -0.15) is 11.8 Å². The molecule has 0 radical (unpaired) electrons. The fourth-order valence-corrected chi connectivity index (χ4v) is 3.67. The summed E-state index contributed by atoms with van der Waals surface area (Å²) in [5, 5.41) is 15.1. The molecule has 0 spiro atoms. The molecule has 5 heteroatoms. The molecule has 1 aliphatic carbocycles. The van der Waals surface area contributed by atoms with Crippen LogP contribution in [-0.4, -0.2) is 22.5 Å². The van der Waals surface area contributed by atoms with Gasteiger partial charge in [0, 0.05) is 29.5 Å². The zero-order valence-electron chi connectivity index (χ0n) is 11.3. The average molecular weight is 280 g/mol. The maximum atomic E-state index is 10.8. The van der Waals surface area contributed by atoms with Crippen molar-refractivity contribution in [2.45, 2.75) is 43.5 Å². The molecule has 2 rings (SSSR count). The Kier molecular flexibility index (Phi) is 4.82. The summed E-state index contributed by atoms with van der Waals surface area (Å²) < 4.78 is 0. The number of hydrogen-bond acceptors (Lipinski definition) is 4. The van der Waals surface area contributed by atoms with Gasteiger partial charge in [-0.1, -0.05) is 18.6 Å². The van der Waals surface area contributed by atoms with Crippen LogP contribution in [0.25, 0.3) is 0 Å². The van der Waals surface area contributed by atoms with E-state index in [1.807, 2.05) is 17.8 Å². The molecule has 1 saturated carbocycles. The number of thioether (sulfide) groups is 1.